The molecule has 0 aromatic heterocycles. The fourth-order valence-electron chi connectivity index (χ4n) is 2.62. The summed E-state index contributed by atoms with van der Waals surface area (Å²) in [5.41, 5.74) is 3.54. The van der Waals surface area contributed by atoms with Gasteiger partial charge in [0.1, 0.15) is 5.78 Å². The van der Waals surface area contributed by atoms with Crippen LogP contribution in [0, 0.1) is 5.92 Å². The van der Waals surface area contributed by atoms with E-state index in [1.54, 1.807) is 0 Å². The highest BCUT2D eigenvalue weighted by molar-refractivity contribution is 5.83. The summed E-state index contributed by atoms with van der Waals surface area (Å²) in [6, 6.07) is 10.4. The van der Waals surface area contributed by atoms with Gasteiger partial charge >= 0.3 is 0 Å². The molecule has 1 aliphatic carbocycles. The molecule has 0 N–H and O–H groups in total. The zero-order chi connectivity index (χ0) is 13.0. The fourth-order valence-corrected chi connectivity index (χ4v) is 2.62. The van der Waals surface area contributed by atoms with Crippen LogP contribution in [0.3, 0.4) is 0 Å². The van der Waals surface area contributed by atoms with Crippen LogP contribution in [0.4, 0.5) is 0 Å². The molecule has 1 aliphatic rings. The van der Waals surface area contributed by atoms with Crippen molar-refractivity contribution in [1.82, 2.24) is 0 Å². The van der Waals surface area contributed by atoms with Gasteiger partial charge in [-0.1, -0.05) is 48.6 Å². The largest absolute Gasteiger partial charge is 0.300 e. The van der Waals surface area contributed by atoms with Crippen LogP contribution in [0.1, 0.15) is 38.2 Å². The van der Waals surface area contributed by atoms with E-state index in [1.807, 2.05) is 25.1 Å². The lowest BCUT2D eigenvalue weighted by molar-refractivity contribution is -0.120. The first kappa shape index (κ1) is 12.8. The number of hydrogen-bond donors (Lipinski definition) is 0. The highest BCUT2D eigenvalue weighted by atomic mass is 16.1. The Morgan fingerprint density at radius 2 is 2.06 bits per heavy atom. The predicted octanol–water partition coefficient (Wildman–Crippen LogP) is 4.41. The predicted molar refractivity (Wildman–Crippen MR) is 76.2 cm³/mol. The molecule has 1 unspecified atom stereocenters. The van der Waals surface area contributed by atoms with Crippen molar-refractivity contribution in [2.45, 2.75) is 32.6 Å². The molecule has 0 saturated heterocycles. The summed E-state index contributed by atoms with van der Waals surface area (Å²) in [7, 11) is 0. The summed E-state index contributed by atoms with van der Waals surface area (Å²) in [5, 5.41) is 0. The lowest BCUT2D eigenvalue weighted by atomic mass is 9.80. The van der Waals surface area contributed by atoms with Crippen LogP contribution in [-0.4, -0.2) is 5.78 Å². The maximum atomic E-state index is 11.6. The Morgan fingerprint density at radius 1 is 1.33 bits per heavy atom. The molecular weight excluding hydrogens is 220 g/mol. The van der Waals surface area contributed by atoms with Crippen LogP contribution in [-0.2, 0) is 4.79 Å². The van der Waals surface area contributed by atoms with Crippen molar-refractivity contribution in [1.29, 1.82) is 0 Å². The molecule has 1 aromatic rings. The van der Waals surface area contributed by atoms with Gasteiger partial charge in [-0.3, -0.25) is 4.79 Å². The second kappa shape index (κ2) is 5.81. The van der Waals surface area contributed by atoms with Gasteiger partial charge in [-0.25, -0.2) is 0 Å². The van der Waals surface area contributed by atoms with E-state index in [9.17, 15) is 4.79 Å². The maximum Gasteiger partial charge on any atom is 0.133 e. The second-order valence-corrected chi connectivity index (χ2v) is 5.14. The smallest absolute Gasteiger partial charge is 0.133 e. The van der Waals surface area contributed by atoms with Crippen LogP contribution in [0.2, 0.25) is 0 Å². The highest BCUT2D eigenvalue weighted by Crippen LogP contribution is 2.34. The normalized spacial score (nSPS) is 20.8. The third kappa shape index (κ3) is 3.19. The summed E-state index contributed by atoms with van der Waals surface area (Å²) in [6.07, 6.45) is 5.71. The minimum Gasteiger partial charge on any atom is -0.300 e. The van der Waals surface area contributed by atoms with E-state index in [0.717, 1.165) is 24.8 Å². The quantitative estimate of drug-likeness (QED) is 0.715. The SMILES string of the molecule is C=C(C)/C=C(\c1ccccc1)C1CCCC(=O)C1. The molecule has 0 heterocycles. The van der Waals surface area contributed by atoms with Crippen molar-refractivity contribution in [3.05, 3.63) is 54.1 Å². The zero-order valence-corrected chi connectivity index (χ0v) is 11.0. The minimum absolute atomic E-state index is 0.366. The first-order chi connectivity index (χ1) is 8.66. The van der Waals surface area contributed by atoms with E-state index in [4.69, 9.17) is 0 Å². The van der Waals surface area contributed by atoms with E-state index in [2.05, 4.69) is 24.8 Å². The average Bonchev–Trinajstić information content (AvgIpc) is 2.37. The van der Waals surface area contributed by atoms with Gasteiger partial charge in [0.05, 0.1) is 0 Å². The minimum atomic E-state index is 0.366. The van der Waals surface area contributed by atoms with Crippen molar-refractivity contribution >= 4 is 11.4 Å². The molecular formula is C17H20O. The molecule has 1 nitrogen and oxygen atoms in total. The molecule has 94 valence electrons. The van der Waals surface area contributed by atoms with E-state index in [-0.39, 0.29) is 0 Å². The van der Waals surface area contributed by atoms with Gasteiger partial charge in [-0.2, -0.15) is 0 Å². The summed E-state index contributed by atoms with van der Waals surface area (Å²) >= 11 is 0. The van der Waals surface area contributed by atoms with E-state index in [0.29, 0.717) is 18.1 Å². The van der Waals surface area contributed by atoms with Gasteiger partial charge in [-0.15, -0.1) is 0 Å². The molecule has 0 aliphatic heterocycles. The number of ketones is 1. The Balaban J connectivity index is 2.31. The van der Waals surface area contributed by atoms with Crippen LogP contribution in [0.15, 0.2) is 48.6 Å². The highest BCUT2D eigenvalue weighted by Gasteiger charge is 2.23. The molecule has 0 spiro atoms. The first-order valence-corrected chi connectivity index (χ1v) is 6.61. The Morgan fingerprint density at radius 3 is 2.67 bits per heavy atom. The molecule has 0 radical (unpaired) electrons. The molecule has 1 atom stereocenters. The Labute approximate surface area is 109 Å². The number of benzene rings is 1. The fraction of sp³-hybridized carbons (Fsp3) is 0.353. The van der Waals surface area contributed by atoms with Crippen LogP contribution in [0.25, 0.3) is 5.57 Å². The van der Waals surface area contributed by atoms with E-state index in [1.165, 1.54) is 11.1 Å². The monoisotopic (exact) mass is 240 g/mol. The molecule has 0 bridgehead atoms. The number of Topliss-reactive ketones (excluding diaryl/α,β-unsaturated/α-hetero) is 1. The van der Waals surface area contributed by atoms with Crippen molar-refractivity contribution in [3.8, 4) is 0 Å². The van der Waals surface area contributed by atoms with Crippen molar-refractivity contribution < 1.29 is 4.79 Å². The second-order valence-electron chi connectivity index (χ2n) is 5.14. The van der Waals surface area contributed by atoms with Gasteiger partial charge in [0, 0.05) is 12.8 Å². The summed E-state index contributed by atoms with van der Waals surface area (Å²) in [4.78, 5) is 11.6. The van der Waals surface area contributed by atoms with Crippen LogP contribution in [0.5, 0.6) is 0 Å². The van der Waals surface area contributed by atoms with Crippen molar-refractivity contribution in [2.24, 2.45) is 5.92 Å². The Hall–Kier alpha value is -1.63. The topological polar surface area (TPSA) is 17.1 Å². The Bertz CT molecular complexity index is 468. The molecule has 1 fully saturated rings. The maximum absolute atomic E-state index is 11.6. The van der Waals surface area contributed by atoms with Crippen molar-refractivity contribution in [2.75, 3.05) is 0 Å². The van der Waals surface area contributed by atoms with Gasteiger partial charge in [0.15, 0.2) is 0 Å². The number of carbonyl (C=O) groups is 1. The van der Waals surface area contributed by atoms with Gasteiger partial charge < -0.3 is 0 Å². The number of hydrogen-bond acceptors (Lipinski definition) is 1. The van der Waals surface area contributed by atoms with E-state index < -0.39 is 0 Å². The van der Waals surface area contributed by atoms with Gasteiger partial charge in [0.2, 0.25) is 0 Å². The number of allylic oxidation sites excluding steroid dienone is 3. The van der Waals surface area contributed by atoms with Crippen LogP contribution >= 0.6 is 0 Å². The first-order valence-electron chi connectivity index (χ1n) is 6.61. The number of carbonyl (C=O) groups excluding carboxylic acids is 1. The van der Waals surface area contributed by atoms with E-state index >= 15 is 0 Å². The molecule has 18 heavy (non-hydrogen) atoms. The standard InChI is InChI=1S/C17H20O/c1-13(2)11-17(14-7-4-3-5-8-14)15-9-6-10-16(18)12-15/h3-5,7-8,11,15H,1,6,9-10,12H2,2H3/b17-11+. The van der Waals surface area contributed by atoms with Crippen LogP contribution < -0.4 is 0 Å². The summed E-state index contributed by atoms with van der Waals surface area (Å²) in [6.45, 7) is 5.98. The lowest BCUT2D eigenvalue weighted by Gasteiger charge is -2.24. The third-order valence-corrected chi connectivity index (χ3v) is 3.43. The van der Waals surface area contributed by atoms with Crippen molar-refractivity contribution in [3.63, 3.8) is 0 Å². The Kier molecular flexibility index (Phi) is 4.14. The average molecular weight is 240 g/mol. The molecule has 1 saturated carbocycles. The third-order valence-electron chi connectivity index (χ3n) is 3.43. The molecule has 0 amide bonds. The molecule has 1 aromatic carbocycles. The van der Waals surface area contributed by atoms with Gasteiger partial charge in [-0.05, 0) is 36.8 Å². The summed E-state index contributed by atoms with van der Waals surface area (Å²) < 4.78 is 0. The zero-order valence-electron chi connectivity index (χ0n) is 11.0. The molecule has 2 rings (SSSR count). The molecule has 1 heteroatoms. The van der Waals surface area contributed by atoms with Gasteiger partial charge in [0.25, 0.3) is 0 Å². The lowest BCUT2D eigenvalue weighted by Crippen LogP contribution is -2.16. The number of rotatable bonds is 3. The summed E-state index contributed by atoms with van der Waals surface area (Å²) in [5.74, 6) is 0.764.